The Morgan fingerprint density at radius 2 is 1.69 bits per heavy atom. The molecular formula is C24H17N3O2. The van der Waals surface area contributed by atoms with Gasteiger partial charge in [0.05, 0.1) is 0 Å². The van der Waals surface area contributed by atoms with Crippen molar-refractivity contribution < 1.29 is 9.52 Å². The Bertz CT molecular complexity index is 1220. The van der Waals surface area contributed by atoms with Gasteiger partial charge in [-0.15, -0.1) is 0 Å². The maximum Gasteiger partial charge on any atom is 0.201 e. The van der Waals surface area contributed by atoms with Crippen LogP contribution in [0.5, 0.6) is 5.75 Å². The van der Waals surface area contributed by atoms with E-state index in [2.05, 4.69) is 27.4 Å². The maximum absolute atomic E-state index is 10.3. The first-order chi connectivity index (χ1) is 14.3. The van der Waals surface area contributed by atoms with Crippen molar-refractivity contribution in [2.45, 2.75) is 0 Å². The number of aromatic nitrogens is 1. The van der Waals surface area contributed by atoms with Gasteiger partial charge in [-0.3, -0.25) is 0 Å². The number of hydrogen-bond acceptors (Lipinski definition) is 5. The van der Waals surface area contributed by atoms with E-state index in [1.54, 1.807) is 24.6 Å². The van der Waals surface area contributed by atoms with Gasteiger partial charge >= 0.3 is 0 Å². The lowest BCUT2D eigenvalue weighted by atomic mass is 10.1. The molecule has 0 saturated carbocycles. The van der Waals surface area contributed by atoms with E-state index >= 15 is 0 Å². The largest absolute Gasteiger partial charge is 0.504 e. The number of aliphatic imine (C=N–C) groups is 1. The molecule has 0 atom stereocenters. The summed E-state index contributed by atoms with van der Waals surface area (Å²) in [5, 5.41) is 13.5. The third-order valence-electron chi connectivity index (χ3n) is 4.71. The van der Waals surface area contributed by atoms with Crippen LogP contribution in [-0.4, -0.2) is 16.3 Å². The minimum Gasteiger partial charge on any atom is -0.504 e. The van der Waals surface area contributed by atoms with Crippen molar-refractivity contribution in [3.05, 3.63) is 90.3 Å². The molecule has 1 aliphatic heterocycles. The van der Waals surface area contributed by atoms with Crippen molar-refractivity contribution >= 4 is 35.3 Å². The number of hydrogen-bond donors (Lipinski definition) is 2. The van der Waals surface area contributed by atoms with Gasteiger partial charge in [0.1, 0.15) is 0 Å². The van der Waals surface area contributed by atoms with Gasteiger partial charge < -0.3 is 14.8 Å². The fourth-order valence-electron chi connectivity index (χ4n) is 3.26. The van der Waals surface area contributed by atoms with Gasteiger partial charge in [-0.2, -0.15) is 0 Å². The van der Waals surface area contributed by atoms with Crippen molar-refractivity contribution in [3.63, 3.8) is 0 Å². The Kier molecular flexibility index (Phi) is 4.18. The van der Waals surface area contributed by atoms with Gasteiger partial charge in [0, 0.05) is 35.3 Å². The molecule has 0 radical (unpaired) electrons. The Morgan fingerprint density at radius 1 is 0.897 bits per heavy atom. The lowest BCUT2D eigenvalue weighted by Gasteiger charge is -2.05. The van der Waals surface area contributed by atoms with Gasteiger partial charge in [0.25, 0.3) is 0 Å². The Morgan fingerprint density at radius 3 is 2.52 bits per heavy atom. The average molecular weight is 379 g/mol. The van der Waals surface area contributed by atoms with Crippen LogP contribution < -0.4 is 5.32 Å². The summed E-state index contributed by atoms with van der Waals surface area (Å²) in [4.78, 5) is 8.49. The minimum atomic E-state index is 0.0617. The number of fused-ring (bicyclic) bond motifs is 1. The zero-order chi connectivity index (χ0) is 19.6. The number of anilines is 2. The average Bonchev–Trinajstić information content (AvgIpc) is 3.33. The van der Waals surface area contributed by atoms with Gasteiger partial charge in [-0.1, -0.05) is 42.5 Å². The highest BCUT2D eigenvalue weighted by molar-refractivity contribution is 6.20. The van der Waals surface area contributed by atoms with E-state index in [1.165, 1.54) is 0 Å². The minimum absolute atomic E-state index is 0.0617. The van der Waals surface area contributed by atoms with Gasteiger partial charge in [0.15, 0.2) is 17.3 Å². The molecule has 0 aliphatic carbocycles. The Labute approximate surface area is 167 Å². The number of nitrogens with zero attached hydrogens (tertiary/aromatic N) is 2. The lowest BCUT2D eigenvalue weighted by molar-refractivity contribution is 0.456. The highest BCUT2D eigenvalue weighted by atomic mass is 16.4. The monoisotopic (exact) mass is 379 g/mol. The molecule has 5 rings (SSSR count). The predicted octanol–water partition coefficient (Wildman–Crippen LogP) is 6.05. The first-order valence-electron chi connectivity index (χ1n) is 9.23. The van der Waals surface area contributed by atoms with Crippen LogP contribution >= 0.6 is 0 Å². The molecular weight excluding hydrogens is 362 g/mol. The predicted molar refractivity (Wildman–Crippen MR) is 116 cm³/mol. The van der Waals surface area contributed by atoms with Crippen molar-refractivity contribution in [2.24, 2.45) is 4.99 Å². The third kappa shape index (κ3) is 3.41. The number of pyridine rings is 1. The van der Waals surface area contributed by atoms with Gasteiger partial charge in [-0.25, -0.2) is 9.98 Å². The van der Waals surface area contributed by atoms with E-state index < -0.39 is 0 Å². The smallest absolute Gasteiger partial charge is 0.201 e. The van der Waals surface area contributed by atoms with Gasteiger partial charge in [0.2, 0.25) is 5.88 Å². The standard InChI is InChI=1S/C24H17N3O2/c28-21-14-23(27-19-10-8-17(9-11-19)16-5-2-1-3-6-16)29-22(21)13-18-15-26-24-20(18)7-4-12-25-24/h1-15,27-28H. The third-order valence-corrected chi connectivity index (χ3v) is 4.71. The summed E-state index contributed by atoms with van der Waals surface area (Å²) >= 11 is 0. The van der Waals surface area contributed by atoms with Crippen molar-refractivity contribution in [3.8, 4) is 16.9 Å². The topological polar surface area (TPSA) is 70.7 Å². The molecule has 0 amide bonds. The summed E-state index contributed by atoms with van der Waals surface area (Å²) in [6, 6.07) is 23.6. The van der Waals surface area contributed by atoms with E-state index in [4.69, 9.17) is 4.42 Å². The van der Waals surface area contributed by atoms with Crippen molar-refractivity contribution in [2.75, 3.05) is 5.32 Å². The quantitative estimate of drug-likeness (QED) is 0.453. The molecule has 0 fully saturated rings. The molecule has 0 unspecified atom stereocenters. The molecule has 2 aromatic heterocycles. The number of furan rings is 1. The highest BCUT2D eigenvalue weighted by Crippen LogP contribution is 2.35. The molecule has 0 bridgehead atoms. The van der Waals surface area contributed by atoms with Crippen molar-refractivity contribution in [1.29, 1.82) is 0 Å². The Balaban J connectivity index is 1.36. The van der Waals surface area contributed by atoms with E-state index in [0.29, 0.717) is 17.5 Å². The summed E-state index contributed by atoms with van der Waals surface area (Å²) in [6.07, 6.45) is 5.18. The summed E-state index contributed by atoms with van der Waals surface area (Å²) in [6.45, 7) is 0. The molecule has 5 heteroatoms. The molecule has 0 spiro atoms. The molecule has 29 heavy (non-hydrogen) atoms. The van der Waals surface area contributed by atoms with Crippen LogP contribution in [0.25, 0.3) is 22.8 Å². The zero-order valence-corrected chi connectivity index (χ0v) is 15.4. The SMILES string of the molecule is Oc1cc(Nc2ccc(-c3ccccc3)cc2)oc1C=C1C=Nc2ncccc21. The van der Waals surface area contributed by atoms with Crippen LogP contribution in [0.1, 0.15) is 11.3 Å². The lowest BCUT2D eigenvalue weighted by Crippen LogP contribution is -1.88. The summed E-state index contributed by atoms with van der Waals surface area (Å²) in [5.74, 6) is 1.56. The van der Waals surface area contributed by atoms with E-state index in [-0.39, 0.29) is 5.75 Å². The number of rotatable bonds is 4. The van der Waals surface area contributed by atoms with Crippen molar-refractivity contribution in [1.82, 2.24) is 4.98 Å². The highest BCUT2D eigenvalue weighted by Gasteiger charge is 2.15. The summed E-state index contributed by atoms with van der Waals surface area (Å²) < 4.78 is 5.79. The molecule has 5 nitrogen and oxygen atoms in total. The second-order valence-electron chi connectivity index (χ2n) is 6.66. The molecule has 2 N–H and O–H groups in total. The second kappa shape index (κ2) is 7.13. The van der Waals surface area contributed by atoms with E-state index in [0.717, 1.165) is 28.0 Å². The number of allylic oxidation sites excluding steroid dienone is 1. The summed E-state index contributed by atoms with van der Waals surface area (Å²) in [7, 11) is 0. The normalized spacial score (nSPS) is 13.6. The fourth-order valence-corrected chi connectivity index (χ4v) is 3.26. The number of nitrogens with one attached hydrogen (secondary N) is 1. The maximum atomic E-state index is 10.3. The van der Waals surface area contributed by atoms with E-state index in [1.807, 2.05) is 54.6 Å². The van der Waals surface area contributed by atoms with E-state index in [9.17, 15) is 5.11 Å². The molecule has 2 aromatic carbocycles. The number of aromatic hydroxyl groups is 1. The van der Waals surface area contributed by atoms with Gasteiger partial charge in [-0.05, 0) is 41.5 Å². The molecule has 4 aromatic rings. The number of benzene rings is 2. The molecule has 140 valence electrons. The first kappa shape index (κ1) is 17.0. The summed E-state index contributed by atoms with van der Waals surface area (Å²) in [5.41, 5.74) is 4.92. The molecule has 0 saturated heterocycles. The Hall–Kier alpha value is -4.12. The molecule has 1 aliphatic rings. The van der Waals surface area contributed by atoms with Crippen LogP contribution in [0.15, 0.2) is 88.4 Å². The van der Waals surface area contributed by atoms with Crippen LogP contribution in [0.3, 0.4) is 0 Å². The van der Waals surface area contributed by atoms with Crippen LogP contribution in [0.2, 0.25) is 0 Å². The van der Waals surface area contributed by atoms with Crippen LogP contribution in [-0.2, 0) is 0 Å². The van der Waals surface area contributed by atoms with Crippen LogP contribution in [0.4, 0.5) is 17.4 Å². The first-order valence-corrected chi connectivity index (χ1v) is 9.23. The van der Waals surface area contributed by atoms with Crippen LogP contribution in [0, 0.1) is 0 Å². The fraction of sp³-hybridized carbons (Fsp3) is 0. The zero-order valence-electron chi connectivity index (χ0n) is 15.4. The second-order valence-corrected chi connectivity index (χ2v) is 6.66. The molecule has 3 heterocycles.